The average molecular weight is 423 g/mol. The Morgan fingerprint density at radius 1 is 0.812 bits per heavy atom. The highest BCUT2D eigenvalue weighted by atomic mass is 16.5. The van der Waals surface area contributed by atoms with E-state index in [0.29, 0.717) is 18.7 Å². The molecule has 1 aliphatic rings. The van der Waals surface area contributed by atoms with Gasteiger partial charge in [-0.3, -0.25) is 4.90 Å². The van der Waals surface area contributed by atoms with Gasteiger partial charge < -0.3 is 9.63 Å². The number of piperidine rings is 1. The van der Waals surface area contributed by atoms with Gasteiger partial charge in [0.05, 0.1) is 17.8 Å². The number of aliphatic hydroxyl groups is 1. The van der Waals surface area contributed by atoms with Crippen molar-refractivity contribution in [3.8, 4) is 0 Å². The van der Waals surface area contributed by atoms with Crippen LogP contribution in [0.2, 0.25) is 0 Å². The lowest BCUT2D eigenvalue weighted by Crippen LogP contribution is -2.52. The van der Waals surface area contributed by atoms with Crippen LogP contribution in [0.3, 0.4) is 0 Å². The maximum atomic E-state index is 10.8. The molecule has 0 amide bonds. The molecule has 0 radical (unpaired) electrons. The van der Waals surface area contributed by atoms with Gasteiger partial charge in [0.2, 0.25) is 0 Å². The smallest absolute Gasteiger partial charge is 0.159 e. The van der Waals surface area contributed by atoms with Gasteiger partial charge in [0, 0.05) is 19.2 Å². The third-order valence-electron chi connectivity index (χ3n) is 6.31. The van der Waals surface area contributed by atoms with E-state index in [1.807, 2.05) is 12.1 Å². The second-order valence-electron chi connectivity index (χ2n) is 8.17. The van der Waals surface area contributed by atoms with E-state index in [-0.39, 0.29) is 0 Å². The lowest BCUT2D eigenvalue weighted by molar-refractivity contribution is 0.0870. The van der Waals surface area contributed by atoms with Gasteiger partial charge in [-0.25, -0.2) is 0 Å². The van der Waals surface area contributed by atoms with Crippen molar-refractivity contribution in [1.29, 1.82) is 0 Å². The molecule has 1 N–H and O–H groups in total. The van der Waals surface area contributed by atoms with Crippen molar-refractivity contribution in [3.63, 3.8) is 0 Å². The maximum Gasteiger partial charge on any atom is 0.159 e. The summed E-state index contributed by atoms with van der Waals surface area (Å²) in [5.41, 5.74) is 4.04. The fourth-order valence-corrected chi connectivity index (χ4v) is 4.87. The molecule has 1 aliphatic heterocycles. The molecule has 4 nitrogen and oxygen atoms in total. The Morgan fingerprint density at radius 2 is 1.34 bits per heavy atom. The highest BCUT2D eigenvalue weighted by molar-refractivity contribution is 5.53. The van der Waals surface area contributed by atoms with Crippen LogP contribution in [-0.4, -0.2) is 34.4 Å². The Balaban J connectivity index is 1.71. The molecular formula is C28H26N2O2. The van der Waals surface area contributed by atoms with Gasteiger partial charge in [-0.2, -0.15) is 0 Å². The van der Waals surface area contributed by atoms with Crippen molar-refractivity contribution < 1.29 is 9.63 Å². The van der Waals surface area contributed by atoms with Gasteiger partial charge >= 0.3 is 0 Å². The standard InChI is InChI=1S/C28H26N2O2/c31-27-17-19-30(21-22(27)20-26-16-18-29-32-26)28(23-10-4-1-5-11-23,24-12-6-2-7-13-24)25-14-8-3-9-15-25/h1-16,18,20,27,31H,17,19,21H2. The van der Waals surface area contributed by atoms with E-state index in [9.17, 15) is 5.11 Å². The molecule has 2 heterocycles. The number of benzene rings is 3. The third kappa shape index (κ3) is 3.68. The van der Waals surface area contributed by atoms with Crippen LogP contribution in [0.4, 0.5) is 0 Å². The molecule has 5 rings (SSSR count). The van der Waals surface area contributed by atoms with E-state index in [4.69, 9.17) is 4.52 Å². The van der Waals surface area contributed by atoms with Crippen molar-refractivity contribution in [1.82, 2.24) is 10.1 Å². The van der Waals surface area contributed by atoms with Crippen LogP contribution in [0.25, 0.3) is 6.08 Å². The molecule has 0 spiro atoms. The highest BCUT2D eigenvalue weighted by Crippen LogP contribution is 2.44. The Hall–Kier alpha value is -3.47. The number of aromatic nitrogens is 1. The highest BCUT2D eigenvalue weighted by Gasteiger charge is 2.44. The zero-order valence-corrected chi connectivity index (χ0v) is 17.8. The Bertz CT molecular complexity index is 1060. The first-order valence-corrected chi connectivity index (χ1v) is 11.0. The van der Waals surface area contributed by atoms with Crippen molar-refractivity contribution >= 4 is 6.08 Å². The van der Waals surface area contributed by atoms with Gasteiger partial charge in [0.1, 0.15) is 0 Å². The van der Waals surface area contributed by atoms with Crippen LogP contribution in [0.1, 0.15) is 28.9 Å². The lowest BCUT2D eigenvalue weighted by atomic mass is 9.74. The van der Waals surface area contributed by atoms with Gasteiger partial charge in [-0.05, 0) is 34.8 Å². The van der Waals surface area contributed by atoms with E-state index in [1.54, 1.807) is 6.20 Å². The van der Waals surface area contributed by atoms with Crippen LogP contribution >= 0.6 is 0 Å². The Kier molecular flexibility index (Phi) is 5.71. The van der Waals surface area contributed by atoms with Crippen molar-refractivity contribution in [3.05, 3.63) is 131 Å². The van der Waals surface area contributed by atoms with Crippen LogP contribution in [0.15, 0.2) is 113 Å². The first-order chi connectivity index (χ1) is 15.8. The van der Waals surface area contributed by atoms with E-state index in [2.05, 4.69) is 101 Å². The van der Waals surface area contributed by atoms with Crippen molar-refractivity contribution in [2.24, 2.45) is 0 Å². The average Bonchev–Trinajstić information content (AvgIpc) is 3.37. The minimum atomic E-state index is -0.503. The minimum absolute atomic E-state index is 0.496. The maximum absolute atomic E-state index is 10.8. The Morgan fingerprint density at radius 3 is 1.81 bits per heavy atom. The molecule has 0 aliphatic carbocycles. The molecule has 0 bridgehead atoms. The summed E-state index contributed by atoms with van der Waals surface area (Å²) in [5.74, 6) is 0.658. The summed E-state index contributed by atoms with van der Waals surface area (Å²) in [6, 6.07) is 33.8. The molecule has 1 fully saturated rings. The first kappa shape index (κ1) is 20.4. The summed E-state index contributed by atoms with van der Waals surface area (Å²) in [6.45, 7) is 1.37. The van der Waals surface area contributed by atoms with E-state index < -0.39 is 11.6 Å². The SMILES string of the molecule is OC1CCN(C(c2ccccc2)(c2ccccc2)c2ccccc2)CC1=Cc1ccno1. The zero-order chi connectivity index (χ0) is 21.8. The van der Waals surface area contributed by atoms with Gasteiger partial charge in [0.25, 0.3) is 0 Å². The summed E-state index contributed by atoms with van der Waals surface area (Å²) in [4.78, 5) is 2.47. The molecule has 1 atom stereocenters. The normalized spacial score (nSPS) is 18.7. The summed E-state index contributed by atoms with van der Waals surface area (Å²) >= 11 is 0. The van der Waals surface area contributed by atoms with E-state index in [1.165, 1.54) is 16.7 Å². The monoisotopic (exact) mass is 422 g/mol. The van der Waals surface area contributed by atoms with Gasteiger partial charge in [-0.15, -0.1) is 0 Å². The second-order valence-corrected chi connectivity index (χ2v) is 8.17. The summed E-state index contributed by atoms with van der Waals surface area (Å²) in [7, 11) is 0. The Labute approximate surface area is 188 Å². The largest absolute Gasteiger partial charge is 0.389 e. The summed E-state index contributed by atoms with van der Waals surface area (Å²) < 4.78 is 5.30. The van der Waals surface area contributed by atoms with E-state index in [0.717, 1.165) is 12.1 Å². The van der Waals surface area contributed by atoms with Crippen LogP contribution in [0.5, 0.6) is 0 Å². The van der Waals surface area contributed by atoms with Gasteiger partial charge in [-0.1, -0.05) is 96.2 Å². The third-order valence-corrected chi connectivity index (χ3v) is 6.31. The zero-order valence-electron chi connectivity index (χ0n) is 17.8. The number of hydrogen-bond donors (Lipinski definition) is 1. The topological polar surface area (TPSA) is 49.5 Å². The quantitative estimate of drug-likeness (QED) is 0.454. The molecular weight excluding hydrogens is 396 g/mol. The second kappa shape index (κ2) is 8.95. The van der Waals surface area contributed by atoms with Crippen molar-refractivity contribution in [2.45, 2.75) is 18.1 Å². The summed E-state index contributed by atoms with van der Waals surface area (Å²) in [5, 5.41) is 14.6. The molecule has 160 valence electrons. The molecule has 4 heteroatoms. The lowest BCUT2D eigenvalue weighted by Gasteiger charge is -2.48. The fraction of sp³-hybridized carbons (Fsp3) is 0.179. The van der Waals surface area contributed by atoms with Crippen LogP contribution < -0.4 is 0 Å². The predicted molar refractivity (Wildman–Crippen MR) is 126 cm³/mol. The number of nitrogens with zero attached hydrogens (tertiary/aromatic N) is 2. The molecule has 1 saturated heterocycles. The molecule has 1 aromatic heterocycles. The molecule has 1 unspecified atom stereocenters. The number of rotatable bonds is 5. The molecule has 4 aromatic rings. The molecule has 32 heavy (non-hydrogen) atoms. The first-order valence-electron chi connectivity index (χ1n) is 11.0. The summed E-state index contributed by atoms with van der Waals surface area (Å²) in [6.07, 6.45) is 3.70. The molecule has 0 saturated carbocycles. The van der Waals surface area contributed by atoms with Gasteiger partial charge in [0.15, 0.2) is 5.76 Å². The van der Waals surface area contributed by atoms with Crippen LogP contribution in [0, 0.1) is 0 Å². The number of likely N-dealkylation sites (tertiary alicyclic amines) is 1. The van der Waals surface area contributed by atoms with E-state index >= 15 is 0 Å². The fourth-order valence-electron chi connectivity index (χ4n) is 4.87. The van der Waals surface area contributed by atoms with Crippen molar-refractivity contribution in [2.75, 3.05) is 13.1 Å². The number of hydrogen-bond acceptors (Lipinski definition) is 4. The van der Waals surface area contributed by atoms with Crippen LogP contribution in [-0.2, 0) is 5.54 Å². The number of aliphatic hydroxyl groups excluding tert-OH is 1. The predicted octanol–water partition coefficient (Wildman–Crippen LogP) is 5.12. The minimum Gasteiger partial charge on any atom is -0.389 e. The molecule has 3 aromatic carbocycles.